The summed E-state index contributed by atoms with van der Waals surface area (Å²) in [5.41, 5.74) is 3.72. The van der Waals surface area contributed by atoms with E-state index in [1.165, 1.54) is 0 Å². The van der Waals surface area contributed by atoms with Crippen LogP contribution in [0.25, 0.3) is 22.4 Å². The number of hydrogen-bond donors (Lipinski definition) is 1. The molecule has 0 aliphatic carbocycles. The van der Waals surface area contributed by atoms with Crippen LogP contribution in [0.5, 0.6) is 11.6 Å². The molecule has 4 aromatic rings. The smallest absolute Gasteiger partial charge is 0.227 e. The van der Waals surface area contributed by atoms with Crippen molar-refractivity contribution in [3.05, 3.63) is 73.4 Å². The van der Waals surface area contributed by atoms with E-state index >= 15 is 0 Å². The summed E-state index contributed by atoms with van der Waals surface area (Å²) < 4.78 is 5.93. The third-order valence-corrected chi connectivity index (χ3v) is 4.64. The molecule has 0 aliphatic rings. The summed E-state index contributed by atoms with van der Waals surface area (Å²) in [6.07, 6.45) is 8.56. The van der Waals surface area contributed by atoms with Crippen LogP contribution in [0.15, 0.2) is 73.4 Å². The zero-order valence-electron chi connectivity index (χ0n) is 15.2. The SMILES string of the molecule is CNc1cnc(-c2ccc(-c3cccnc3Oc3cccnc3)cc2P)cn1. The van der Waals surface area contributed by atoms with Crippen molar-refractivity contribution in [2.24, 2.45) is 0 Å². The summed E-state index contributed by atoms with van der Waals surface area (Å²) in [4.78, 5) is 17.3. The summed E-state index contributed by atoms with van der Waals surface area (Å²) in [7, 11) is 4.59. The van der Waals surface area contributed by atoms with Crippen molar-refractivity contribution < 1.29 is 4.74 Å². The third-order valence-electron chi connectivity index (χ3n) is 4.17. The number of aromatic nitrogens is 4. The first-order chi connectivity index (χ1) is 13.7. The van der Waals surface area contributed by atoms with Crippen LogP contribution in [0, 0.1) is 0 Å². The van der Waals surface area contributed by atoms with E-state index in [0.717, 1.165) is 33.5 Å². The second-order valence-corrected chi connectivity index (χ2v) is 6.61. The third kappa shape index (κ3) is 3.82. The highest BCUT2D eigenvalue weighted by Gasteiger charge is 2.12. The Balaban J connectivity index is 1.68. The molecule has 0 amide bonds. The molecule has 0 spiro atoms. The maximum Gasteiger partial charge on any atom is 0.227 e. The highest BCUT2D eigenvalue weighted by atomic mass is 31.0. The Labute approximate surface area is 165 Å². The van der Waals surface area contributed by atoms with Crippen molar-refractivity contribution in [1.82, 2.24) is 19.9 Å². The lowest BCUT2D eigenvalue weighted by molar-refractivity contribution is 0.463. The summed E-state index contributed by atoms with van der Waals surface area (Å²) in [6.45, 7) is 0. The van der Waals surface area contributed by atoms with Gasteiger partial charge in [0.1, 0.15) is 11.6 Å². The van der Waals surface area contributed by atoms with Gasteiger partial charge in [0.25, 0.3) is 0 Å². The molecule has 0 saturated heterocycles. The number of anilines is 1. The van der Waals surface area contributed by atoms with Crippen LogP contribution in [0.3, 0.4) is 0 Å². The average molecular weight is 387 g/mol. The Kier molecular flexibility index (Phi) is 5.22. The first-order valence-electron chi connectivity index (χ1n) is 8.67. The Morgan fingerprint density at radius 3 is 2.50 bits per heavy atom. The maximum atomic E-state index is 5.93. The summed E-state index contributed by atoms with van der Waals surface area (Å²) >= 11 is 0. The number of pyridine rings is 2. The van der Waals surface area contributed by atoms with Crippen LogP contribution < -0.4 is 15.4 Å². The van der Waals surface area contributed by atoms with Gasteiger partial charge >= 0.3 is 0 Å². The zero-order valence-corrected chi connectivity index (χ0v) is 16.4. The molecule has 0 radical (unpaired) electrons. The summed E-state index contributed by atoms with van der Waals surface area (Å²) in [6, 6.07) is 13.7. The first kappa shape index (κ1) is 18.0. The average Bonchev–Trinajstić information content (AvgIpc) is 2.75. The van der Waals surface area contributed by atoms with E-state index in [1.54, 1.807) is 31.0 Å². The van der Waals surface area contributed by atoms with E-state index in [9.17, 15) is 0 Å². The van der Waals surface area contributed by atoms with Crippen LogP contribution >= 0.6 is 9.24 Å². The van der Waals surface area contributed by atoms with Gasteiger partial charge in [0, 0.05) is 30.6 Å². The molecule has 1 atom stereocenters. The summed E-state index contributed by atoms with van der Waals surface area (Å²) in [5, 5.41) is 3.99. The topological polar surface area (TPSA) is 72.8 Å². The van der Waals surface area contributed by atoms with Gasteiger partial charge in [-0.05, 0) is 41.2 Å². The molecule has 0 bridgehead atoms. The lowest BCUT2D eigenvalue weighted by Gasteiger charge is -2.12. The van der Waals surface area contributed by atoms with Gasteiger partial charge in [0.2, 0.25) is 5.88 Å². The van der Waals surface area contributed by atoms with Gasteiger partial charge in [-0.1, -0.05) is 12.1 Å². The molecule has 28 heavy (non-hydrogen) atoms. The number of ether oxygens (including phenoxy) is 1. The van der Waals surface area contributed by atoms with Crippen molar-refractivity contribution in [3.63, 3.8) is 0 Å². The van der Waals surface area contributed by atoms with E-state index in [0.29, 0.717) is 11.6 Å². The van der Waals surface area contributed by atoms with E-state index in [-0.39, 0.29) is 0 Å². The minimum Gasteiger partial charge on any atom is -0.437 e. The highest BCUT2D eigenvalue weighted by molar-refractivity contribution is 7.28. The van der Waals surface area contributed by atoms with Gasteiger partial charge in [0.15, 0.2) is 0 Å². The van der Waals surface area contributed by atoms with Crippen LogP contribution in [0.4, 0.5) is 5.82 Å². The molecular weight excluding hydrogens is 369 g/mol. The number of nitrogens with zero attached hydrogens (tertiary/aromatic N) is 4. The van der Waals surface area contributed by atoms with Crippen molar-refractivity contribution in [1.29, 1.82) is 0 Å². The van der Waals surface area contributed by atoms with Gasteiger partial charge in [-0.15, -0.1) is 9.24 Å². The van der Waals surface area contributed by atoms with Crippen molar-refractivity contribution in [2.75, 3.05) is 12.4 Å². The standard InChI is InChI=1S/C21H18N5OP/c1-22-20-13-25-18(12-26-20)17-7-6-14(10-19(17)28)16-5-3-9-24-21(16)27-15-4-2-8-23-11-15/h2-13H,28H2,1H3,(H,22,26). The zero-order chi connectivity index (χ0) is 19.3. The van der Waals surface area contributed by atoms with Gasteiger partial charge in [-0.3, -0.25) is 9.97 Å². The first-order valence-corrected chi connectivity index (χ1v) is 9.25. The highest BCUT2D eigenvalue weighted by Crippen LogP contribution is 2.32. The Morgan fingerprint density at radius 2 is 1.79 bits per heavy atom. The molecule has 138 valence electrons. The molecule has 1 N–H and O–H groups in total. The van der Waals surface area contributed by atoms with Crippen molar-refractivity contribution >= 4 is 20.4 Å². The number of nitrogens with one attached hydrogen (secondary N) is 1. The molecule has 1 aromatic carbocycles. The second-order valence-electron chi connectivity index (χ2n) is 5.99. The molecule has 1 unspecified atom stereocenters. The minimum atomic E-state index is 0.533. The fraction of sp³-hybridized carbons (Fsp3) is 0.0476. The monoisotopic (exact) mass is 387 g/mol. The Morgan fingerprint density at radius 1 is 0.893 bits per heavy atom. The Hall–Kier alpha value is -3.37. The molecule has 4 rings (SSSR count). The maximum absolute atomic E-state index is 5.93. The molecule has 0 aliphatic heterocycles. The largest absolute Gasteiger partial charge is 0.437 e. The quantitative estimate of drug-likeness (QED) is 0.523. The predicted octanol–water partition coefficient (Wildman–Crippen LogP) is 3.94. The van der Waals surface area contributed by atoms with Crippen molar-refractivity contribution in [2.45, 2.75) is 0 Å². The fourth-order valence-corrected chi connectivity index (χ4v) is 3.19. The lowest BCUT2D eigenvalue weighted by atomic mass is 10.0. The van der Waals surface area contributed by atoms with E-state index in [2.05, 4.69) is 40.6 Å². The van der Waals surface area contributed by atoms with Gasteiger partial charge in [0.05, 0.1) is 24.3 Å². The predicted molar refractivity (Wildman–Crippen MR) is 114 cm³/mol. The van der Waals surface area contributed by atoms with Gasteiger partial charge in [-0.2, -0.15) is 0 Å². The molecule has 3 heterocycles. The normalized spacial score (nSPS) is 10.5. The lowest BCUT2D eigenvalue weighted by Crippen LogP contribution is -2.01. The number of hydrogen-bond acceptors (Lipinski definition) is 6. The van der Waals surface area contributed by atoms with E-state index in [1.807, 2.05) is 43.4 Å². The minimum absolute atomic E-state index is 0.533. The second kappa shape index (κ2) is 8.11. The molecule has 3 aromatic heterocycles. The van der Waals surface area contributed by atoms with Gasteiger partial charge < -0.3 is 10.1 Å². The van der Waals surface area contributed by atoms with E-state index < -0.39 is 0 Å². The van der Waals surface area contributed by atoms with Crippen LogP contribution in [-0.2, 0) is 0 Å². The fourth-order valence-electron chi connectivity index (χ4n) is 2.77. The molecule has 0 fully saturated rings. The number of benzene rings is 1. The van der Waals surface area contributed by atoms with Gasteiger partial charge in [-0.25, -0.2) is 9.97 Å². The molecule has 6 nitrogen and oxygen atoms in total. The molecule has 0 saturated carbocycles. The Bertz CT molecular complexity index is 1090. The molecular formula is C21H18N5OP. The molecule has 7 heteroatoms. The van der Waals surface area contributed by atoms with E-state index in [4.69, 9.17) is 4.74 Å². The van der Waals surface area contributed by atoms with Crippen LogP contribution in [0.2, 0.25) is 0 Å². The number of rotatable bonds is 5. The summed E-state index contributed by atoms with van der Waals surface area (Å²) in [5.74, 6) is 1.91. The van der Waals surface area contributed by atoms with Crippen LogP contribution in [-0.4, -0.2) is 27.0 Å². The van der Waals surface area contributed by atoms with Crippen LogP contribution in [0.1, 0.15) is 0 Å². The van der Waals surface area contributed by atoms with Crippen molar-refractivity contribution in [3.8, 4) is 34.0 Å².